The Labute approximate surface area is 70.3 Å². The first-order chi connectivity index (χ1) is 5.83. The topological polar surface area (TPSA) is 54.4 Å². The molecule has 62 valence electrons. The van der Waals surface area contributed by atoms with Crippen LogP contribution < -0.4 is 5.43 Å². The molecule has 1 aromatic heterocycles. The Balaban J connectivity index is 2.69. The second kappa shape index (κ2) is 4.23. The molecule has 0 saturated carbocycles. The zero-order valence-electron chi connectivity index (χ0n) is 6.69. The highest BCUT2D eigenvalue weighted by Gasteiger charge is 1.88. The smallest absolute Gasteiger partial charge is 0.227 e. The molecule has 1 N–H and O–H groups in total. The van der Waals surface area contributed by atoms with Crippen molar-refractivity contribution in [3.63, 3.8) is 0 Å². The van der Waals surface area contributed by atoms with Gasteiger partial charge in [-0.1, -0.05) is 6.07 Å². The number of hydrogen-bond donors (Lipinski definition) is 1. The molecule has 0 saturated heterocycles. The standard InChI is InChI=1S/C8H9N3O/c1-7-3-2-4-8(11-7)5-9-10-6-12/h2-6H,1H3,(H,10,12). The van der Waals surface area contributed by atoms with Crippen molar-refractivity contribution in [3.05, 3.63) is 29.6 Å². The minimum absolute atomic E-state index is 0.506. The van der Waals surface area contributed by atoms with Crippen molar-refractivity contribution >= 4 is 12.6 Å². The Morgan fingerprint density at radius 3 is 3.08 bits per heavy atom. The molecule has 0 spiro atoms. The van der Waals surface area contributed by atoms with Crippen molar-refractivity contribution < 1.29 is 4.79 Å². The van der Waals surface area contributed by atoms with Gasteiger partial charge in [-0.25, -0.2) is 5.43 Å². The highest BCUT2D eigenvalue weighted by molar-refractivity contribution is 5.77. The van der Waals surface area contributed by atoms with Crippen molar-refractivity contribution in [1.82, 2.24) is 10.4 Å². The van der Waals surface area contributed by atoms with Gasteiger partial charge in [0.05, 0.1) is 11.9 Å². The molecule has 1 heterocycles. The average molecular weight is 163 g/mol. The van der Waals surface area contributed by atoms with E-state index < -0.39 is 0 Å². The summed E-state index contributed by atoms with van der Waals surface area (Å²) < 4.78 is 0. The van der Waals surface area contributed by atoms with Crippen molar-refractivity contribution in [2.75, 3.05) is 0 Å². The van der Waals surface area contributed by atoms with Gasteiger partial charge < -0.3 is 0 Å². The number of hydrogen-bond acceptors (Lipinski definition) is 3. The second-order valence-electron chi connectivity index (χ2n) is 2.21. The molecule has 0 bridgehead atoms. The fourth-order valence-corrected chi connectivity index (χ4v) is 0.770. The number of hydrazone groups is 1. The molecule has 0 aliphatic carbocycles. The molecular weight excluding hydrogens is 154 g/mol. The summed E-state index contributed by atoms with van der Waals surface area (Å²) >= 11 is 0. The van der Waals surface area contributed by atoms with Crippen LogP contribution in [-0.4, -0.2) is 17.6 Å². The lowest BCUT2D eigenvalue weighted by molar-refractivity contribution is -0.109. The molecule has 0 radical (unpaired) electrons. The number of carbonyl (C=O) groups excluding carboxylic acids is 1. The molecule has 0 unspecified atom stereocenters. The Kier molecular flexibility index (Phi) is 2.95. The molecule has 0 aliphatic rings. The van der Waals surface area contributed by atoms with E-state index in [2.05, 4.69) is 15.5 Å². The van der Waals surface area contributed by atoms with Gasteiger partial charge in [-0.3, -0.25) is 9.78 Å². The van der Waals surface area contributed by atoms with Crippen molar-refractivity contribution in [1.29, 1.82) is 0 Å². The van der Waals surface area contributed by atoms with E-state index in [1.165, 1.54) is 6.21 Å². The highest BCUT2D eigenvalue weighted by atomic mass is 16.1. The third-order valence-corrected chi connectivity index (χ3v) is 1.23. The van der Waals surface area contributed by atoms with Crippen LogP contribution in [0.2, 0.25) is 0 Å². The van der Waals surface area contributed by atoms with Crippen LogP contribution in [0.15, 0.2) is 23.3 Å². The van der Waals surface area contributed by atoms with E-state index in [0.29, 0.717) is 6.41 Å². The van der Waals surface area contributed by atoms with Gasteiger partial charge in [0, 0.05) is 5.69 Å². The molecule has 0 atom stereocenters. The van der Waals surface area contributed by atoms with Gasteiger partial charge in [-0.2, -0.15) is 5.10 Å². The predicted molar refractivity (Wildman–Crippen MR) is 45.8 cm³/mol. The van der Waals surface area contributed by atoms with Crippen LogP contribution in [0.4, 0.5) is 0 Å². The Morgan fingerprint density at radius 2 is 2.42 bits per heavy atom. The molecule has 0 fully saturated rings. The summed E-state index contributed by atoms with van der Waals surface area (Å²) in [5.74, 6) is 0. The first-order valence-electron chi connectivity index (χ1n) is 3.49. The summed E-state index contributed by atoms with van der Waals surface area (Å²) in [6.07, 6.45) is 1.99. The third kappa shape index (κ3) is 2.49. The van der Waals surface area contributed by atoms with Crippen LogP contribution in [0.25, 0.3) is 0 Å². The lowest BCUT2D eigenvalue weighted by Crippen LogP contribution is -2.01. The summed E-state index contributed by atoms with van der Waals surface area (Å²) in [6, 6.07) is 5.58. The van der Waals surface area contributed by atoms with Crippen molar-refractivity contribution in [2.24, 2.45) is 5.10 Å². The lowest BCUT2D eigenvalue weighted by atomic mass is 10.3. The Morgan fingerprint density at radius 1 is 1.58 bits per heavy atom. The number of nitrogens with one attached hydrogen (secondary N) is 1. The van der Waals surface area contributed by atoms with Crippen LogP contribution in [0.5, 0.6) is 0 Å². The Hall–Kier alpha value is -1.71. The number of rotatable bonds is 3. The van der Waals surface area contributed by atoms with Crippen molar-refractivity contribution in [2.45, 2.75) is 6.92 Å². The van der Waals surface area contributed by atoms with E-state index in [9.17, 15) is 4.79 Å². The molecule has 0 aromatic carbocycles. The molecule has 4 nitrogen and oxygen atoms in total. The Bertz CT molecular complexity index is 296. The van der Waals surface area contributed by atoms with E-state index in [4.69, 9.17) is 0 Å². The van der Waals surface area contributed by atoms with E-state index in [1.54, 1.807) is 0 Å². The van der Waals surface area contributed by atoms with Crippen LogP contribution in [-0.2, 0) is 4.79 Å². The molecule has 0 aliphatic heterocycles. The average Bonchev–Trinajstić information content (AvgIpc) is 2.05. The third-order valence-electron chi connectivity index (χ3n) is 1.23. The number of pyridine rings is 1. The molecule has 4 heteroatoms. The normalized spacial score (nSPS) is 10.1. The first kappa shape index (κ1) is 8.39. The maximum absolute atomic E-state index is 9.82. The van der Waals surface area contributed by atoms with Gasteiger partial charge >= 0.3 is 0 Å². The fourth-order valence-electron chi connectivity index (χ4n) is 0.770. The van der Waals surface area contributed by atoms with Crippen LogP contribution >= 0.6 is 0 Å². The maximum Gasteiger partial charge on any atom is 0.227 e. The fraction of sp³-hybridized carbons (Fsp3) is 0.125. The summed E-state index contributed by atoms with van der Waals surface area (Å²) in [5.41, 5.74) is 3.81. The zero-order valence-corrected chi connectivity index (χ0v) is 6.69. The molecule has 1 aromatic rings. The quantitative estimate of drug-likeness (QED) is 0.400. The molecule has 1 rings (SSSR count). The first-order valence-corrected chi connectivity index (χ1v) is 3.49. The van der Waals surface area contributed by atoms with E-state index >= 15 is 0 Å². The largest absolute Gasteiger partial charge is 0.277 e. The maximum atomic E-state index is 9.82. The predicted octanol–water partition coefficient (Wildman–Crippen LogP) is 0.470. The van der Waals surface area contributed by atoms with E-state index in [1.807, 2.05) is 25.1 Å². The number of aryl methyl sites for hydroxylation is 1. The van der Waals surface area contributed by atoms with Crippen LogP contribution in [0.3, 0.4) is 0 Å². The van der Waals surface area contributed by atoms with Crippen LogP contribution in [0.1, 0.15) is 11.4 Å². The summed E-state index contributed by atoms with van der Waals surface area (Å²) in [7, 11) is 0. The lowest BCUT2D eigenvalue weighted by Gasteiger charge is -1.92. The van der Waals surface area contributed by atoms with E-state index in [0.717, 1.165) is 11.4 Å². The van der Waals surface area contributed by atoms with Gasteiger partial charge in [0.2, 0.25) is 6.41 Å². The summed E-state index contributed by atoms with van der Waals surface area (Å²) in [5, 5.41) is 3.60. The molecule has 1 amide bonds. The minimum atomic E-state index is 0.506. The number of nitrogens with zero attached hydrogens (tertiary/aromatic N) is 2. The number of carbonyl (C=O) groups is 1. The summed E-state index contributed by atoms with van der Waals surface area (Å²) in [4.78, 5) is 14.0. The van der Waals surface area contributed by atoms with Crippen molar-refractivity contribution in [3.8, 4) is 0 Å². The van der Waals surface area contributed by atoms with Crippen LogP contribution in [0, 0.1) is 6.92 Å². The van der Waals surface area contributed by atoms with Gasteiger partial charge in [0.25, 0.3) is 0 Å². The molecule has 12 heavy (non-hydrogen) atoms. The zero-order chi connectivity index (χ0) is 8.81. The van der Waals surface area contributed by atoms with E-state index in [-0.39, 0.29) is 0 Å². The number of aromatic nitrogens is 1. The SMILES string of the molecule is Cc1cccc(C=NNC=O)n1. The summed E-state index contributed by atoms with van der Waals surface area (Å²) in [6.45, 7) is 1.89. The minimum Gasteiger partial charge on any atom is -0.277 e. The number of amides is 1. The van der Waals surface area contributed by atoms with Gasteiger partial charge in [0.1, 0.15) is 0 Å². The van der Waals surface area contributed by atoms with Gasteiger partial charge in [0.15, 0.2) is 0 Å². The second-order valence-corrected chi connectivity index (χ2v) is 2.21. The monoisotopic (exact) mass is 163 g/mol. The van der Waals surface area contributed by atoms with Gasteiger partial charge in [-0.05, 0) is 19.1 Å². The highest BCUT2D eigenvalue weighted by Crippen LogP contribution is 1.93. The van der Waals surface area contributed by atoms with Gasteiger partial charge in [-0.15, -0.1) is 0 Å². The molecular formula is C8H9N3O.